The number of hydrogen-bond acceptors (Lipinski definition) is 4. The third-order valence-electron chi connectivity index (χ3n) is 3.22. The van der Waals surface area contributed by atoms with Gasteiger partial charge in [0.1, 0.15) is 0 Å². The molecule has 2 rings (SSSR count). The van der Waals surface area contributed by atoms with Crippen molar-refractivity contribution in [3.05, 3.63) is 71.8 Å². The fourth-order valence-corrected chi connectivity index (χ4v) is 1.86. The van der Waals surface area contributed by atoms with E-state index in [1.54, 1.807) is 60.7 Å². The topological polar surface area (TPSA) is 81.3 Å². The van der Waals surface area contributed by atoms with E-state index in [-0.39, 0.29) is 0 Å². The van der Waals surface area contributed by atoms with E-state index in [2.05, 4.69) is 10.9 Å². The number of rotatable bonds is 5. The van der Waals surface area contributed by atoms with Gasteiger partial charge in [-0.15, -0.1) is 0 Å². The van der Waals surface area contributed by atoms with Crippen molar-refractivity contribution in [2.24, 2.45) is 0 Å². The summed E-state index contributed by atoms with van der Waals surface area (Å²) in [5.41, 5.74) is 4.35. The van der Waals surface area contributed by atoms with E-state index in [0.29, 0.717) is 11.1 Å². The molecule has 0 unspecified atom stereocenters. The molecule has 2 aromatic rings. The zero-order valence-electron chi connectivity index (χ0n) is 11.5. The molecule has 1 amide bonds. The molecule has 5 nitrogen and oxygen atoms in total. The van der Waals surface area contributed by atoms with Crippen LogP contribution in [-0.4, -0.2) is 11.9 Å². The van der Waals surface area contributed by atoms with Gasteiger partial charge in [0.15, 0.2) is 0 Å². The average Bonchev–Trinajstić information content (AvgIpc) is 2.53. The van der Waals surface area contributed by atoms with Crippen molar-refractivity contribution in [2.75, 3.05) is 0 Å². The highest BCUT2D eigenvalue weighted by Crippen LogP contribution is 2.18. The molecule has 0 aliphatic rings. The van der Waals surface area contributed by atoms with Gasteiger partial charge in [0.05, 0.1) is 11.5 Å². The number of nitrogens with one attached hydrogen (secondary N) is 2. The summed E-state index contributed by atoms with van der Waals surface area (Å²) in [6, 6.07) is 17.0. The van der Waals surface area contributed by atoms with Gasteiger partial charge >= 0.3 is 0 Å². The molecule has 2 N–H and O–H groups in total. The van der Waals surface area contributed by atoms with Crippen LogP contribution in [0.2, 0.25) is 0 Å². The van der Waals surface area contributed by atoms with Crippen molar-refractivity contribution >= 4 is 11.9 Å². The fourth-order valence-electron chi connectivity index (χ4n) is 1.86. The first-order chi connectivity index (χ1) is 10.0. The number of amides is 1. The van der Waals surface area contributed by atoms with Crippen molar-refractivity contribution in [3.63, 3.8) is 0 Å². The van der Waals surface area contributed by atoms with Crippen LogP contribution >= 0.6 is 0 Å². The molecule has 0 aromatic heterocycles. The lowest BCUT2D eigenvalue weighted by Crippen LogP contribution is -2.59. The largest absolute Gasteiger partial charge is 0.548 e. The van der Waals surface area contributed by atoms with Crippen LogP contribution in [-0.2, 0) is 10.3 Å². The minimum atomic E-state index is -1.52. The molecule has 21 heavy (non-hydrogen) atoms. The van der Waals surface area contributed by atoms with E-state index in [4.69, 9.17) is 0 Å². The minimum Gasteiger partial charge on any atom is -0.548 e. The maximum absolute atomic E-state index is 12.0. The quantitative estimate of drug-likeness (QED) is 0.787. The van der Waals surface area contributed by atoms with Crippen LogP contribution in [0.4, 0.5) is 0 Å². The molecular formula is C16H15N2O3-. The molecule has 0 saturated heterocycles. The van der Waals surface area contributed by atoms with Crippen LogP contribution in [0.5, 0.6) is 0 Å². The SMILES string of the molecule is C[C@@](NNC(=O)c1ccccc1)(C(=O)[O-])c1ccccc1. The van der Waals surface area contributed by atoms with Gasteiger partial charge in [0.25, 0.3) is 5.91 Å². The Bertz CT molecular complexity index is 628. The lowest BCUT2D eigenvalue weighted by atomic mass is 9.93. The highest BCUT2D eigenvalue weighted by Gasteiger charge is 2.28. The standard InChI is InChI=1S/C16H16N2O3/c1-16(15(20)21,13-10-6-3-7-11-13)18-17-14(19)12-8-4-2-5-9-12/h2-11,18H,1H3,(H,17,19)(H,20,21)/p-1/t16-/m0/s1. The average molecular weight is 283 g/mol. The van der Waals surface area contributed by atoms with E-state index in [1.807, 2.05) is 0 Å². The first-order valence-electron chi connectivity index (χ1n) is 6.43. The van der Waals surface area contributed by atoms with E-state index < -0.39 is 17.4 Å². The zero-order valence-corrected chi connectivity index (χ0v) is 11.5. The highest BCUT2D eigenvalue weighted by molar-refractivity contribution is 5.94. The number of hydrogen-bond donors (Lipinski definition) is 2. The van der Waals surface area contributed by atoms with Crippen molar-refractivity contribution in [2.45, 2.75) is 12.5 Å². The van der Waals surface area contributed by atoms with Gasteiger partial charge in [-0.25, -0.2) is 5.43 Å². The second kappa shape index (κ2) is 6.19. The first kappa shape index (κ1) is 14.7. The number of hydrazine groups is 1. The third kappa shape index (κ3) is 3.27. The van der Waals surface area contributed by atoms with Gasteiger partial charge in [-0.2, -0.15) is 0 Å². The van der Waals surface area contributed by atoms with Gasteiger partial charge in [-0.1, -0.05) is 48.5 Å². The maximum atomic E-state index is 12.0. The molecule has 0 heterocycles. The molecule has 0 radical (unpaired) electrons. The van der Waals surface area contributed by atoms with Gasteiger partial charge in [-0.3, -0.25) is 10.2 Å². The highest BCUT2D eigenvalue weighted by atomic mass is 16.4. The molecule has 2 aromatic carbocycles. The summed E-state index contributed by atoms with van der Waals surface area (Å²) in [6.45, 7) is 1.43. The van der Waals surface area contributed by atoms with Crippen molar-refractivity contribution in [3.8, 4) is 0 Å². The van der Waals surface area contributed by atoms with Crippen molar-refractivity contribution in [1.29, 1.82) is 0 Å². The van der Waals surface area contributed by atoms with E-state index in [0.717, 1.165) is 0 Å². The molecular weight excluding hydrogens is 268 g/mol. The predicted octanol–water partition coefficient (Wildman–Crippen LogP) is 0.586. The Morgan fingerprint density at radius 1 is 0.952 bits per heavy atom. The number of benzene rings is 2. The summed E-state index contributed by atoms with van der Waals surface area (Å²) in [7, 11) is 0. The van der Waals surface area contributed by atoms with Crippen LogP contribution in [0.3, 0.4) is 0 Å². The second-order valence-corrected chi connectivity index (χ2v) is 4.72. The summed E-state index contributed by atoms with van der Waals surface area (Å²) in [5, 5.41) is 11.4. The van der Waals surface area contributed by atoms with E-state index >= 15 is 0 Å². The van der Waals surface area contributed by atoms with E-state index in [1.165, 1.54) is 6.92 Å². The minimum absolute atomic E-state index is 0.418. The molecule has 5 heteroatoms. The Balaban J connectivity index is 2.15. The van der Waals surface area contributed by atoms with Crippen LogP contribution < -0.4 is 16.0 Å². The molecule has 0 spiro atoms. The van der Waals surface area contributed by atoms with Crippen LogP contribution in [0.1, 0.15) is 22.8 Å². The fraction of sp³-hybridized carbons (Fsp3) is 0.125. The van der Waals surface area contributed by atoms with Gasteiger partial charge in [-0.05, 0) is 24.6 Å². The van der Waals surface area contributed by atoms with Gasteiger partial charge < -0.3 is 9.90 Å². The Hall–Kier alpha value is -2.66. The number of carboxylic acid groups (broad SMARTS) is 1. The number of aliphatic carboxylic acids is 1. The lowest BCUT2D eigenvalue weighted by Gasteiger charge is -2.32. The van der Waals surface area contributed by atoms with Crippen LogP contribution in [0, 0.1) is 0 Å². The first-order valence-corrected chi connectivity index (χ1v) is 6.43. The molecule has 1 atom stereocenters. The molecule has 0 aliphatic carbocycles. The Kier molecular flexibility index (Phi) is 4.35. The number of carbonyl (C=O) groups is 2. The predicted molar refractivity (Wildman–Crippen MR) is 75.8 cm³/mol. The monoisotopic (exact) mass is 283 g/mol. The molecule has 108 valence electrons. The maximum Gasteiger partial charge on any atom is 0.265 e. The Morgan fingerprint density at radius 3 is 2.00 bits per heavy atom. The smallest absolute Gasteiger partial charge is 0.265 e. The van der Waals surface area contributed by atoms with Crippen molar-refractivity contribution in [1.82, 2.24) is 10.9 Å². The van der Waals surface area contributed by atoms with Gasteiger partial charge in [0, 0.05) is 5.56 Å². The van der Waals surface area contributed by atoms with E-state index in [9.17, 15) is 14.7 Å². The summed E-state index contributed by atoms with van der Waals surface area (Å²) in [5.74, 6) is -1.75. The number of carbonyl (C=O) groups excluding carboxylic acids is 2. The second-order valence-electron chi connectivity index (χ2n) is 4.72. The molecule has 0 fully saturated rings. The summed E-state index contributed by atoms with van der Waals surface area (Å²) >= 11 is 0. The normalized spacial score (nSPS) is 13.2. The van der Waals surface area contributed by atoms with Gasteiger partial charge in [0.2, 0.25) is 0 Å². The van der Waals surface area contributed by atoms with Crippen LogP contribution in [0.15, 0.2) is 60.7 Å². The molecule has 0 aliphatic heterocycles. The number of carboxylic acids is 1. The third-order valence-corrected chi connectivity index (χ3v) is 3.22. The molecule has 0 saturated carbocycles. The van der Waals surface area contributed by atoms with Crippen molar-refractivity contribution < 1.29 is 14.7 Å². The summed E-state index contributed by atoms with van der Waals surface area (Å²) < 4.78 is 0. The Morgan fingerprint density at radius 2 is 1.48 bits per heavy atom. The zero-order chi connectivity index (χ0) is 15.3. The Labute approximate surface area is 122 Å². The van der Waals surface area contributed by atoms with Crippen LogP contribution in [0.25, 0.3) is 0 Å². The summed E-state index contributed by atoms with van der Waals surface area (Å²) in [6.07, 6.45) is 0. The summed E-state index contributed by atoms with van der Waals surface area (Å²) in [4.78, 5) is 23.4. The molecule has 0 bridgehead atoms. The lowest BCUT2D eigenvalue weighted by molar-refractivity contribution is -0.315.